The molecule has 3 aliphatic rings. The second-order valence-corrected chi connectivity index (χ2v) is 19.0. The minimum atomic E-state index is -2.03. The van der Waals surface area contributed by atoms with Crippen molar-refractivity contribution in [1.82, 2.24) is 4.23 Å². The third kappa shape index (κ3) is 2.55. The Balaban J connectivity index is 1.79. The van der Waals surface area contributed by atoms with Crippen LogP contribution in [0.2, 0.25) is 18.1 Å². The van der Waals surface area contributed by atoms with Gasteiger partial charge in [0, 0.05) is 39.3 Å². The quantitative estimate of drug-likeness (QED) is 0.344. The highest BCUT2D eigenvalue weighted by atomic mass is 28.3. The first-order valence-corrected chi connectivity index (χ1v) is 16.2. The number of halogens is 1. The molecule has 1 N–H and O–H groups in total. The lowest BCUT2D eigenvalue weighted by atomic mass is 9.41. The molecule has 0 saturated heterocycles. The Kier molecular flexibility index (Phi) is 4.92. The first-order chi connectivity index (χ1) is 15.6. The first-order valence-electron chi connectivity index (χ1n) is 13.2. The average Bonchev–Trinajstić information content (AvgIpc) is 3.21. The zero-order valence-corrected chi connectivity index (χ0v) is 23.6. The lowest BCUT2D eigenvalue weighted by Crippen LogP contribution is -2.67. The van der Waals surface area contributed by atoms with Crippen molar-refractivity contribution in [2.45, 2.75) is 109 Å². The summed E-state index contributed by atoms with van der Waals surface area (Å²) >= 11 is 0. The largest absolute Gasteiger partial charge is 0.392 e. The van der Waals surface area contributed by atoms with Crippen molar-refractivity contribution < 1.29 is 9.50 Å². The van der Waals surface area contributed by atoms with Gasteiger partial charge in [0.05, 0.1) is 6.10 Å². The summed E-state index contributed by atoms with van der Waals surface area (Å²) in [7, 11) is -2.03. The minimum absolute atomic E-state index is 0.0934. The molecule has 2 aromatic rings. The van der Waals surface area contributed by atoms with E-state index >= 15 is 4.39 Å². The topological polar surface area (TPSA) is 25.2 Å². The Bertz CT molecular complexity index is 1180. The fraction of sp³-hybridized carbons (Fsp3) is 0.667. The summed E-state index contributed by atoms with van der Waals surface area (Å²) in [5, 5.41) is 12.4. The third-order valence-corrected chi connectivity index (χ3v) is 16.9. The second-order valence-electron chi connectivity index (χ2n) is 13.9. The van der Waals surface area contributed by atoms with E-state index < -0.39 is 36.3 Å². The van der Waals surface area contributed by atoms with Crippen LogP contribution in [0.1, 0.15) is 78.5 Å². The lowest BCUT2D eigenvalue weighted by molar-refractivity contribution is -0.194. The van der Waals surface area contributed by atoms with Gasteiger partial charge in [0.25, 0.3) is 0 Å². The molecule has 0 unspecified atom stereocenters. The summed E-state index contributed by atoms with van der Waals surface area (Å²) < 4.78 is 20.8. The van der Waals surface area contributed by atoms with Crippen molar-refractivity contribution in [2.75, 3.05) is 0 Å². The lowest BCUT2D eigenvalue weighted by Gasteiger charge is -2.65. The van der Waals surface area contributed by atoms with Crippen LogP contribution in [-0.4, -0.2) is 29.3 Å². The summed E-state index contributed by atoms with van der Waals surface area (Å²) in [5.41, 5.74) is 1.01. The number of hydrogen-bond donors (Lipinski definition) is 1. The monoisotopic (exact) mass is 481 g/mol. The molecule has 5 rings (SSSR count). The van der Waals surface area contributed by atoms with Gasteiger partial charge in [-0.25, -0.2) is 4.39 Å². The number of aliphatic hydroxyl groups is 1. The Labute approximate surface area is 206 Å². The maximum atomic E-state index is 18.2. The standard InChI is InChI=1S/C30H44FNOSi/c1-10-27(5)23-15-17-29(7)25-21(19-30(29,31)28(23,6)18-16-24(27)33)20-13-11-12-14-22(20)32(25)34(8,9)26(2,3)4/h10-14,23-24,33H,1,15-19H2,2-9H3/t23-,24-,27-,28-,29-,30-/m0/s1. The number of benzene rings is 1. The highest BCUT2D eigenvalue weighted by Crippen LogP contribution is 2.72. The molecule has 2 fully saturated rings. The van der Waals surface area contributed by atoms with Crippen molar-refractivity contribution in [3.63, 3.8) is 0 Å². The van der Waals surface area contributed by atoms with Gasteiger partial charge in [-0.05, 0) is 48.3 Å². The van der Waals surface area contributed by atoms with Crippen molar-refractivity contribution >= 4 is 19.1 Å². The van der Waals surface area contributed by atoms with Crippen molar-refractivity contribution in [2.24, 2.45) is 16.7 Å². The van der Waals surface area contributed by atoms with E-state index in [0.29, 0.717) is 12.8 Å². The molecule has 0 amide bonds. The molecule has 0 bridgehead atoms. The molecule has 0 aliphatic heterocycles. The molecule has 1 aromatic carbocycles. The molecule has 1 heterocycles. The molecule has 6 atom stereocenters. The van der Waals surface area contributed by atoms with Gasteiger partial charge in [0.15, 0.2) is 8.24 Å². The van der Waals surface area contributed by atoms with Crippen LogP contribution in [0.4, 0.5) is 4.39 Å². The number of alkyl halides is 1. The van der Waals surface area contributed by atoms with Crippen LogP contribution < -0.4 is 0 Å². The molecule has 186 valence electrons. The average molecular weight is 482 g/mol. The zero-order valence-electron chi connectivity index (χ0n) is 22.6. The predicted molar refractivity (Wildman–Crippen MR) is 144 cm³/mol. The van der Waals surface area contributed by atoms with E-state index in [1.807, 2.05) is 6.08 Å². The number of rotatable bonds is 2. The van der Waals surface area contributed by atoms with E-state index in [4.69, 9.17) is 0 Å². The Morgan fingerprint density at radius 1 is 1.12 bits per heavy atom. The van der Waals surface area contributed by atoms with Gasteiger partial charge in [-0.3, -0.25) is 0 Å². The SMILES string of the molecule is C=C[C@]1(C)[C@@H](O)CC[C@@]2(C)[C@H]1CC[C@@]1(C)c3c(c4ccccc4n3[Si](C)(C)C(C)(C)C)C[C@@]12F. The van der Waals surface area contributed by atoms with Crippen LogP contribution >= 0.6 is 0 Å². The van der Waals surface area contributed by atoms with Gasteiger partial charge in [0.2, 0.25) is 0 Å². The predicted octanol–water partition coefficient (Wildman–Crippen LogP) is 7.78. The van der Waals surface area contributed by atoms with Gasteiger partial charge in [0.1, 0.15) is 5.67 Å². The first kappa shape index (κ1) is 24.3. The number of aromatic nitrogens is 1. The van der Waals surface area contributed by atoms with Gasteiger partial charge in [-0.15, -0.1) is 6.58 Å². The molecule has 1 aromatic heterocycles. The van der Waals surface area contributed by atoms with Gasteiger partial charge in [-0.1, -0.05) is 78.9 Å². The highest BCUT2D eigenvalue weighted by Gasteiger charge is 2.73. The maximum absolute atomic E-state index is 18.2. The van der Waals surface area contributed by atoms with Gasteiger partial charge < -0.3 is 9.34 Å². The molecule has 0 radical (unpaired) electrons. The van der Waals surface area contributed by atoms with Crippen molar-refractivity contribution in [3.05, 3.63) is 48.2 Å². The highest BCUT2D eigenvalue weighted by molar-refractivity contribution is 6.79. The van der Waals surface area contributed by atoms with Crippen molar-refractivity contribution in [3.8, 4) is 0 Å². The van der Waals surface area contributed by atoms with Crippen LogP contribution in [0, 0.1) is 16.7 Å². The van der Waals surface area contributed by atoms with Crippen LogP contribution in [-0.2, 0) is 11.8 Å². The van der Waals surface area contributed by atoms with Crippen LogP contribution in [0.25, 0.3) is 10.9 Å². The number of aliphatic hydroxyl groups excluding tert-OH is 1. The van der Waals surface area contributed by atoms with E-state index in [2.05, 4.69) is 89.7 Å². The molecule has 3 aliphatic carbocycles. The zero-order chi connectivity index (χ0) is 25.1. The van der Waals surface area contributed by atoms with Gasteiger partial charge >= 0.3 is 0 Å². The Morgan fingerprint density at radius 2 is 1.76 bits per heavy atom. The number of para-hydroxylation sites is 1. The third-order valence-electron chi connectivity index (χ3n) is 11.6. The van der Waals surface area contributed by atoms with E-state index in [1.54, 1.807) is 0 Å². The molecule has 34 heavy (non-hydrogen) atoms. The Hall–Kier alpha value is -1.39. The molecule has 4 heteroatoms. The molecular formula is C30H44FNOSi. The van der Waals surface area contributed by atoms with E-state index in [9.17, 15) is 5.11 Å². The summed E-state index contributed by atoms with van der Waals surface area (Å²) in [6, 6.07) is 8.74. The summed E-state index contributed by atoms with van der Waals surface area (Å²) in [6.45, 7) is 22.7. The van der Waals surface area contributed by atoms with E-state index in [0.717, 1.165) is 19.3 Å². The summed E-state index contributed by atoms with van der Waals surface area (Å²) in [4.78, 5) is 0. The van der Waals surface area contributed by atoms with Gasteiger partial charge in [-0.2, -0.15) is 0 Å². The van der Waals surface area contributed by atoms with E-state index in [-0.39, 0.29) is 11.0 Å². The number of nitrogens with zero attached hydrogens (tertiary/aromatic N) is 1. The number of fused-ring (bicyclic) bond motifs is 7. The fourth-order valence-corrected chi connectivity index (χ4v) is 10.8. The Morgan fingerprint density at radius 3 is 2.38 bits per heavy atom. The molecule has 2 nitrogen and oxygen atoms in total. The second kappa shape index (κ2) is 6.88. The smallest absolute Gasteiger partial charge is 0.161 e. The minimum Gasteiger partial charge on any atom is -0.392 e. The van der Waals surface area contributed by atoms with Crippen LogP contribution in [0.15, 0.2) is 36.9 Å². The summed E-state index contributed by atoms with van der Waals surface area (Å²) in [5.74, 6) is 0.0934. The van der Waals surface area contributed by atoms with Crippen molar-refractivity contribution in [1.29, 1.82) is 0 Å². The normalized spacial score (nSPS) is 40.1. The number of hydrogen-bond acceptors (Lipinski definition) is 1. The summed E-state index contributed by atoms with van der Waals surface area (Å²) in [6.07, 6.45) is 5.09. The molecular weight excluding hydrogens is 437 g/mol. The van der Waals surface area contributed by atoms with E-state index in [1.165, 1.54) is 22.2 Å². The fourth-order valence-electron chi connectivity index (χ4n) is 8.41. The van der Waals surface area contributed by atoms with Crippen LogP contribution in [0.3, 0.4) is 0 Å². The molecule has 2 saturated carbocycles. The van der Waals surface area contributed by atoms with Crippen LogP contribution in [0.5, 0.6) is 0 Å². The maximum Gasteiger partial charge on any atom is 0.161 e. The molecule has 0 spiro atoms.